The molecule has 1 saturated carbocycles. The second kappa shape index (κ2) is 5.61. The fourth-order valence-corrected chi connectivity index (χ4v) is 2.62. The molecule has 0 amide bonds. The summed E-state index contributed by atoms with van der Waals surface area (Å²) in [5.74, 6) is 0.288. The molecule has 0 aromatic heterocycles. The number of halogens is 1. The maximum atomic E-state index is 10.8. The topological polar surface area (TPSA) is 46.5 Å². The van der Waals surface area contributed by atoms with Crippen LogP contribution in [-0.4, -0.2) is 17.2 Å². The molecule has 1 aliphatic rings. The Labute approximate surface area is 112 Å². The van der Waals surface area contributed by atoms with E-state index in [1.807, 2.05) is 0 Å². The second-order valence-electron chi connectivity index (χ2n) is 4.96. The fraction of sp³-hybridized carbons (Fsp3) is 0.500. The van der Waals surface area contributed by atoms with Crippen LogP contribution in [0.25, 0.3) is 0 Å². The van der Waals surface area contributed by atoms with Gasteiger partial charge in [0.05, 0.1) is 16.7 Å². The van der Waals surface area contributed by atoms with Gasteiger partial charge in [0.25, 0.3) is 0 Å². The summed E-state index contributed by atoms with van der Waals surface area (Å²) in [7, 11) is 0. The van der Waals surface area contributed by atoms with Crippen molar-refractivity contribution in [1.29, 1.82) is 0 Å². The van der Waals surface area contributed by atoms with E-state index in [0.29, 0.717) is 16.7 Å². The molecule has 0 saturated heterocycles. The van der Waals surface area contributed by atoms with Crippen molar-refractivity contribution < 1.29 is 14.6 Å². The highest BCUT2D eigenvalue weighted by Crippen LogP contribution is 2.31. The van der Waals surface area contributed by atoms with Gasteiger partial charge in [0.15, 0.2) is 0 Å². The molecule has 1 aromatic rings. The zero-order valence-corrected chi connectivity index (χ0v) is 11.1. The molecule has 1 aliphatic carbocycles. The first kappa shape index (κ1) is 13.2. The minimum Gasteiger partial charge on any atom is -0.489 e. The first-order chi connectivity index (χ1) is 8.56. The average Bonchev–Trinajstić information content (AvgIpc) is 2.31. The largest absolute Gasteiger partial charge is 0.489 e. The summed E-state index contributed by atoms with van der Waals surface area (Å²) in [5.41, 5.74) is 0.185. The van der Waals surface area contributed by atoms with Crippen LogP contribution in [0.1, 0.15) is 43.0 Å². The minimum absolute atomic E-state index is 0.185. The molecule has 0 heterocycles. The van der Waals surface area contributed by atoms with Crippen LogP contribution in [0, 0.1) is 5.92 Å². The number of ether oxygens (including phenoxy) is 1. The van der Waals surface area contributed by atoms with E-state index in [1.54, 1.807) is 6.07 Å². The van der Waals surface area contributed by atoms with Crippen molar-refractivity contribution in [2.24, 2.45) is 5.92 Å². The molecule has 18 heavy (non-hydrogen) atoms. The van der Waals surface area contributed by atoms with Crippen molar-refractivity contribution in [3.05, 3.63) is 28.8 Å². The first-order valence-electron chi connectivity index (χ1n) is 6.25. The monoisotopic (exact) mass is 268 g/mol. The van der Waals surface area contributed by atoms with E-state index in [2.05, 4.69) is 6.92 Å². The van der Waals surface area contributed by atoms with Gasteiger partial charge in [0.1, 0.15) is 5.75 Å². The highest BCUT2D eigenvalue weighted by molar-refractivity contribution is 6.32. The highest BCUT2D eigenvalue weighted by atomic mass is 35.5. The Morgan fingerprint density at radius 3 is 2.83 bits per heavy atom. The molecule has 2 atom stereocenters. The molecule has 1 N–H and O–H groups in total. The Kier molecular flexibility index (Phi) is 4.12. The Balaban J connectivity index is 2.07. The third-order valence-electron chi connectivity index (χ3n) is 3.36. The van der Waals surface area contributed by atoms with Crippen LogP contribution < -0.4 is 4.74 Å². The molecule has 1 aromatic carbocycles. The van der Waals surface area contributed by atoms with Crippen LogP contribution in [0.4, 0.5) is 0 Å². The quantitative estimate of drug-likeness (QED) is 0.901. The van der Waals surface area contributed by atoms with Gasteiger partial charge in [-0.25, -0.2) is 4.79 Å². The van der Waals surface area contributed by atoms with E-state index in [4.69, 9.17) is 21.4 Å². The van der Waals surface area contributed by atoms with E-state index >= 15 is 0 Å². The predicted octanol–water partition coefficient (Wildman–Crippen LogP) is 4.00. The third-order valence-corrected chi connectivity index (χ3v) is 3.66. The molecule has 98 valence electrons. The molecule has 3 nitrogen and oxygen atoms in total. The third kappa shape index (κ3) is 3.16. The van der Waals surface area contributed by atoms with Crippen LogP contribution in [0.2, 0.25) is 5.02 Å². The fourth-order valence-electron chi connectivity index (χ4n) is 2.39. The van der Waals surface area contributed by atoms with Gasteiger partial charge < -0.3 is 9.84 Å². The van der Waals surface area contributed by atoms with E-state index in [1.165, 1.54) is 25.0 Å². The Morgan fingerprint density at radius 2 is 2.22 bits per heavy atom. The molecule has 1 fully saturated rings. The van der Waals surface area contributed by atoms with E-state index in [9.17, 15) is 4.79 Å². The van der Waals surface area contributed by atoms with Gasteiger partial charge in [0.2, 0.25) is 0 Å². The highest BCUT2D eigenvalue weighted by Gasteiger charge is 2.21. The lowest BCUT2D eigenvalue weighted by molar-refractivity contribution is 0.0697. The predicted molar refractivity (Wildman–Crippen MR) is 70.5 cm³/mol. The van der Waals surface area contributed by atoms with Gasteiger partial charge in [-0.2, -0.15) is 0 Å². The molecule has 0 radical (unpaired) electrons. The van der Waals surface area contributed by atoms with Crippen LogP contribution in [0.15, 0.2) is 18.2 Å². The first-order valence-corrected chi connectivity index (χ1v) is 6.63. The summed E-state index contributed by atoms with van der Waals surface area (Å²) in [6, 6.07) is 4.60. The van der Waals surface area contributed by atoms with E-state index in [-0.39, 0.29) is 11.7 Å². The van der Waals surface area contributed by atoms with Crippen molar-refractivity contribution in [2.45, 2.75) is 38.7 Å². The summed E-state index contributed by atoms with van der Waals surface area (Å²) in [5, 5.41) is 9.23. The molecule has 0 aliphatic heterocycles. The van der Waals surface area contributed by atoms with Gasteiger partial charge in [0, 0.05) is 0 Å². The van der Waals surface area contributed by atoms with E-state index in [0.717, 1.165) is 12.8 Å². The van der Waals surface area contributed by atoms with Crippen LogP contribution in [0.3, 0.4) is 0 Å². The summed E-state index contributed by atoms with van der Waals surface area (Å²) < 4.78 is 5.87. The normalized spacial score (nSPS) is 23.7. The number of benzene rings is 1. The van der Waals surface area contributed by atoms with E-state index < -0.39 is 5.97 Å². The Morgan fingerprint density at radius 1 is 1.44 bits per heavy atom. The number of hydrogen-bond donors (Lipinski definition) is 1. The van der Waals surface area contributed by atoms with Crippen LogP contribution >= 0.6 is 11.6 Å². The smallest absolute Gasteiger partial charge is 0.335 e. The number of carboxylic acid groups (broad SMARTS) is 1. The summed E-state index contributed by atoms with van der Waals surface area (Å²) >= 11 is 6.04. The minimum atomic E-state index is -0.977. The standard InChI is InChI=1S/C14H17ClO3/c1-9-3-2-4-11(7-9)18-13-6-5-10(14(16)17)8-12(13)15/h5-6,8-9,11H,2-4,7H2,1H3,(H,16,17). The molecule has 4 heteroatoms. The SMILES string of the molecule is CC1CCCC(Oc2ccc(C(=O)O)cc2Cl)C1. The van der Waals surface area contributed by atoms with Gasteiger partial charge in [-0.15, -0.1) is 0 Å². The van der Waals surface area contributed by atoms with Crippen molar-refractivity contribution in [2.75, 3.05) is 0 Å². The zero-order chi connectivity index (χ0) is 13.1. The number of carboxylic acids is 1. The summed E-state index contributed by atoms with van der Waals surface area (Å²) in [6.45, 7) is 2.23. The molecular formula is C14H17ClO3. The lowest BCUT2D eigenvalue weighted by atomic mass is 9.89. The van der Waals surface area contributed by atoms with Crippen molar-refractivity contribution in [3.8, 4) is 5.75 Å². The molecule has 0 spiro atoms. The zero-order valence-electron chi connectivity index (χ0n) is 10.4. The molecular weight excluding hydrogens is 252 g/mol. The maximum absolute atomic E-state index is 10.8. The lowest BCUT2D eigenvalue weighted by Gasteiger charge is -2.27. The number of rotatable bonds is 3. The number of hydrogen-bond acceptors (Lipinski definition) is 2. The number of carbonyl (C=O) groups is 1. The second-order valence-corrected chi connectivity index (χ2v) is 5.37. The van der Waals surface area contributed by atoms with Crippen molar-refractivity contribution in [3.63, 3.8) is 0 Å². The van der Waals surface area contributed by atoms with Crippen molar-refractivity contribution >= 4 is 17.6 Å². The Bertz CT molecular complexity index is 445. The molecule has 2 unspecified atom stereocenters. The van der Waals surface area contributed by atoms with Crippen molar-refractivity contribution in [1.82, 2.24) is 0 Å². The maximum Gasteiger partial charge on any atom is 0.335 e. The van der Waals surface area contributed by atoms with Crippen LogP contribution in [-0.2, 0) is 0 Å². The van der Waals surface area contributed by atoms with Gasteiger partial charge in [-0.05, 0) is 43.4 Å². The summed E-state index contributed by atoms with van der Waals surface area (Å²) in [6.07, 6.45) is 4.71. The van der Waals surface area contributed by atoms with Crippen LogP contribution in [0.5, 0.6) is 5.75 Å². The Hall–Kier alpha value is -1.22. The number of aromatic carboxylic acids is 1. The summed E-state index contributed by atoms with van der Waals surface area (Å²) in [4.78, 5) is 10.8. The lowest BCUT2D eigenvalue weighted by Crippen LogP contribution is -2.24. The molecule has 0 bridgehead atoms. The van der Waals surface area contributed by atoms with Gasteiger partial charge >= 0.3 is 5.97 Å². The molecule has 2 rings (SSSR count). The van der Waals surface area contributed by atoms with Gasteiger partial charge in [-0.1, -0.05) is 24.9 Å². The average molecular weight is 269 g/mol. The van der Waals surface area contributed by atoms with Gasteiger partial charge in [-0.3, -0.25) is 0 Å².